The summed E-state index contributed by atoms with van der Waals surface area (Å²) in [5, 5.41) is 0. The molecule has 13 heavy (non-hydrogen) atoms. The second kappa shape index (κ2) is 5.13. The van der Waals surface area contributed by atoms with E-state index >= 15 is 0 Å². The van der Waals surface area contributed by atoms with Crippen LogP contribution in [0.2, 0.25) is 0 Å². The lowest BCUT2D eigenvalue weighted by atomic mass is 10.1. The fourth-order valence-corrected chi connectivity index (χ4v) is 0.588. The Kier molecular flexibility index (Phi) is 4.51. The molecule has 0 aromatic carbocycles. The molecule has 0 bridgehead atoms. The van der Waals surface area contributed by atoms with E-state index in [-0.39, 0.29) is 17.8 Å². The van der Waals surface area contributed by atoms with Crippen LogP contribution in [0, 0.1) is 0 Å². The van der Waals surface area contributed by atoms with Crippen LogP contribution in [0.15, 0.2) is 24.3 Å². The third kappa shape index (κ3) is 3.11. The monoisotopic (exact) mass is 184 g/mol. The molecule has 0 fully saturated rings. The molecule has 0 aliphatic heterocycles. The van der Waals surface area contributed by atoms with Crippen LogP contribution in [0.3, 0.4) is 0 Å². The van der Waals surface area contributed by atoms with Crippen LogP contribution < -0.4 is 0 Å². The van der Waals surface area contributed by atoms with E-state index < -0.39 is 11.9 Å². The maximum atomic E-state index is 11.0. The summed E-state index contributed by atoms with van der Waals surface area (Å²) in [6.45, 7) is 8.61. The highest BCUT2D eigenvalue weighted by Crippen LogP contribution is 2.08. The Bertz CT molecular complexity index is 252. The highest BCUT2D eigenvalue weighted by Gasteiger charge is 2.17. The first-order chi connectivity index (χ1) is 6.04. The maximum Gasteiger partial charge on any atom is 0.338 e. The molecule has 0 amide bonds. The molecule has 4 nitrogen and oxygen atoms in total. The zero-order chi connectivity index (χ0) is 10.4. The Balaban J connectivity index is 4.35. The van der Waals surface area contributed by atoms with Crippen molar-refractivity contribution >= 4 is 11.9 Å². The van der Waals surface area contributed by atoms with Gasteiger partial charge >= 0.3 is 11.9 Å². The number of esters is 2. The molecule has 0 aromatic heterocycles. The van der Waals surface area contributed by atoms with E-state index in [1.807, 2.05) is 0 Å². The molecule has 0 aliphatic carbocycles. The average molecular weight is 184 g/mol. The van der Waals surface area contributed by atoms with Crippen LogP contribution in [0.25, 0.3) is 0 Å². The maximum absolute atomic E-state index is 11.0. The van der Waals surface area contributed by atoms with Crippen molar-refractivity contribution in [3.8, 4) is 0 Å². The van der Waals surface area contributed by atoms with Gasteiger partial charge in [-0.15, -0.1) is 0 Å². The second-order valence-corrected chi connectivity index (χ2v) is 2.17. The number of rotatable bonds is 4. The number of carbonyl (C=O) groups excluding carboxylic acids is 2. The molecule has 0 saturated heterocycles. The van der Waals surface area contributed by atoms with Crippen molar-refractivity contribution < 1.29 is 19.1 Å². The van der Waals surface area contributed by atoms with Gasteiger partial charge in [-0.25, -0.2) is 9.59 Å². The predicted octanol–water partition coefficient (Wildman–Crippen LogP) is 0.835. The topological polar surface area (TPSA) is 52.6 Å². The molecular formula is C9H12O4. The lowest BCUT2D eigenvalue weighted by molar-refractivity contribution is -0.140. The molecule has 0 spiro atoms. The Hall–Kier alpha value is -1.58. The second-order valence-electron chi connectivity index (χ2n) is 2.17. The Morgan fingerprint density at radius 3 is 2.00 bits per heavy atom. The Labute approximate surface area is 76.8 Å². The highest BCUT2D eigenvalue weighted by atomic mass is 16.5. The van der Waals surface area contributed by atoms with Crippen molar-refractivity contribution in [1.29, 1.82) is 0 Å². The zero-order valence-corrected chi connectivity index (χ0v) is 7.75. The molecule has 72 valence electrons. The van der Waals surface area contributed by atoms with Crippen LogP contribution in [-0.2, 0) is 19.1 Å². The van der Waals surface area contributed by atoms with E-state index in [4.69, 9.17) is 0 Å². The number of hydrogen-bond donors (Lipinski definition) is 0. The summed E-state index contributed by atoms with van der Waals surface area (Å²) in [5.41, 5.74) is -0.158. The van der Waals surface area contributed by atoms with E-state index in [0.29, 0.717) is 0 Å². The molecule has 0 rings (SSSR count). The van der Waals surface area contributed by atoms with E-state index in [0.717, 1.165) is 0 Å². The van der Waals surface area contributed by atoms with Crippen LogP contribution in [0.1, 0.15) is 6.92 Å². The first-order valence-electron chi connectivity index (χ1n) is 3.68. The summed E-state index contributed by atoms with van der Waals surface area (Å²) >= 11 is 0. The third-order valence-corrected chi connectivity index (χ3v) is 1.32. The van der Waals surface area contributed by atoms with Gasteiger partial charge in [0.25, 0.3) is 0 Å². The largest absolute Gasteiger partial charge is 0.465 e. The van der Waals surface area contributed by atoms with Crippen molar-refractivity contribution in [3.05, 3.63) is 24.3 Å². The smallest absolute Gasteiger partial charge is 0.338 e. The minimum Gasteiger partial charge on any atom is -0.465 e. The highest BCUT2D eigenvalue weighted by molar-refractivity contribution is 6.05. The van der Waals surface area contributed by atoms with Gasteiger partial charge in [0, 0.05) is 0 Å². The lowest BCUT2D eigenvalue weighted by Gasteiger charge is -2.05. The summed E-state index contributed by atoms with van der Waals surface area (Å²) < 4.78 is 8.97. The summed E-state index contributed by atoms with van der Waals surface area (Å²) in [6, 6.07) is 0. The van der Waals surface area contributed by atoms with Gasteiger partial charge in [0.15, 0.2) is 0 Å². The van der Waals surface area contributed by atoms with E-state index in [9.17, 15) is 9.59 Å². The Morgan fingerprint density at radius 2 is 1.62 bits per heavy atom. The van der Waals surface area contributed by atoms with E-state index in [1.165, 1.54) is 7.11 Å². The van der Waals surface area contributed by atoms with Gasteiger partial charge in [-0.05, 0) is 6.92 Å². The first kappa shape index (κ1) is 11.4. The molecule has 4 heteroatoms. The number of hydrogen-bond acceptors (Lipinski definition) is 4. The van der Waals surface area contributed by atoms with Crippen molar-refractivity contribution in [2.75, 3.05) is 13.7 Å². The van der Waals surface area contributed by atoms with Crippen LogP contribution in [0.5, 0.6) is 0 Å². The summed E-state index contributed by atoms with van der Waals surface area (Å²) in [5.74, 6) is -1.34. The molecule has 0 saturated carbocycles. The van der Waals surface area contributed by atoms with E-state index in [1.54, 1.807) is 6.92 Å². The van der Waals surface area contributed by atoms with Crippen LogP contribution in [-0.4, -0.2) is 25.7 Å². The number of methoxy groups -OCH3 is 1. The molecule has 0 aromatic rings. The summed E-state index contributed by atoms with van der Waals surface area (Å²) in [4.78, 5) is 21.9. The molecule has 0 radical (unpaired) electrons. The van der Waals surface area contributed by atoms with Gasteiger partial charge < -0.3 is 9.47 Å². The Morgan fingerprint density at radius 1 is 1.15 bits per heavy atom. The van der Waals surface area contributed by atoms with Crippen molar-refractivity contribution in [3.63, 3.8) is 0 Å². The molecule has 0 N–H and O–H groups in total. The normalized spacial score (nSPS) is 8.77. The van der Waals surface area contributed by atoms with Crippen LogP contribution in [0.4, 0.5) is 0 Å². The minimum atomic E-state index is -0.682. The van der Waals surface area contributed by atoms with Gasteiger partial charge in [-0.1, -0.05) is 13.2 Å². The van der Waals surface area contributed by atoms with Gasteiger partial charge in [0.1, 0.15) is 0 Å². The van der Waals surface area contributed by atoms with E-state index in [2.05, 4.69) is 22.6 Å². The molecule has 0 aliphatic rings. The fourth-order valence-electron chi connectivity index (χ4n) is 0.588. The van der Waals surface area contributed by atoms with Crippen molar-refractivity contribution in [2.45, 2.75) is 6.92 Å². The van der Waals surface area contributed by atoms with Gasteiger partial charge in [0.2, 0.25) is 0 Å². The van der Waals surface area contributed by atoms with Crippen molar-refractivity contribution in [1.82, 2.24) is 0 Å². The average Bonchev–Trinajstić information content (AvgIpc) is 2.14. The standard InChI is InChI=1S/C9H12O4/c1-5-13-9(11)7(3)6(2)8(10)12-4/h2-3,5H2,1,4H3. The van der Waals surface area contributed by atoms with Gasteiger partial charge in [-0.3, -0.25) is 0 Å². The number of ether oxygens (including phenoxy) is 2. The molecule has 0 atom stereocenters. The van der Waals surface area contributed by atoms with Gasteiger partial charge in [-0.2, -0.15) is 0 Å². The quantitative estimate of drug-likeness (QED) is 0.369. The van der Waals surface area contributed by atoms with Gasteiger partial charge in [0.05, 0.1) is 24.9 Å². The first-order valence-corrected chi connectivity index (χ1v) is 3.68. The number of carbonyl (C=O) groups is 2. The molecule has 0 unspecified atom stereocenters. The summed E-state index contributed by atoms with van der Waals surface area (Å²) in [6.07, 6.45) is 0. The SMILES string of the molecule is C=C(C(=C)C(=O)OCC)C(=O)OC. The third-order valence-electron chi connectivity index (χ3n) is 1.32. The zero-order valence-electron chi connectivity index (χ0n) is 7.75. The molecular weight excluding hydrogens is 172 g/mol. The predicted molar refractivity (Wildman–Crippen MR) is 46.9 cm³/mol. The molecule has 0 heterocycles. The lowest BCUT2D eigenvalue weighted by Crippen LogP contribution is -2.14. The minimum absolute atomic E-state index is 0.0753. The van der Waals surface area contributed by atoms with Crippen LogP contribution >= 0.6 is 0 Å². The fraction of sp³-hybridized carbons (Fsp3) is 0.333. The summed E-state index contributed by atoms with van der Waals surface area (Å²) in [7, 11) is 1.20. The van der Waals surface area contributed by atoms with Crippen molar-refractivity contribution in [2.24, 2.45) is 0 Å².